The lowest BCUT2D eigenvalue weighted by Crippen LogP contribution is -2.38. The van der Waals surface area contributed by atoms with Gasteiger partial charge >= 0.3 is 0 Å². The van der Waals surface area contributed by atoms with Gasteiger partial charge in [-0.25, -0.2) is 8.93 Å². The van der Waals surface area contributed by atoms with E-state index in [2.05, 4.69) is 29.3 Å². The minimum Gasteiger partial charge on any atom is -0.547 e. The van der Waals surface area contributed by atoms with E-state index in [9.17, 15) is 12.6 Å². The van der Waals surface area contributed by atoms with E-state index in [1.54, 1.807) is 24.3 Å². The van der Waals surface area contributed by atoms with Gasteiger partial charge < -0.3 is 4.43 Å². The molecular weight excluding hydrogens is 497 g/mol. The molecule has 0 aromatic heterocycles. The first kappa shape index (κ1) is 27.6. The lowest BCUT2D eigenvalue weighted by Gasteiger charge is -2.33. The minimum atomic E-state index is -4.16. The Bertz CT molecular complexity index is 1250. The van der Waals surface area contributed by atoms with Crippen LogP contribution in [-0.2, 0) is 24.4 Å². The molecule has 35 heavy (non-hydrogen) atoms. The number of aryl methyl sites for hydroxylation is 2. The Morgan fingerprint density at radius 1 is 0.886 bits per heavy atom. The molecule has 0 saturated heterocycles. The SMILES string of the molecule is CC[Si](CC)(CC)OC1=C[C@H](NS(=O)(=NS(=O)(=O)c2ccc(C)cc2)c2ccc(C)cc2)CCC1. The Balaban J connectivity index is 2.02. The number of nitrogens with zero attached hydrogens (tertiary/aromatic N) is 1. The largest absolute Gasteiger partial charge is 0.547 e. The number of allylic oxidation sites excluding steroid dienone is 1. The fourth-order valence-corrected chi connectivity index (χ4v) is 10.6. The summed E-state index contributed by atoms with van der Waals surface area (Å²) in [6, 6.07) is 16.3. The Labute approximate surface area is 212 Å². The van der Waals surface area contributed by atoms with E-state index in [1.165, 1.54) is 12.1 Å². The molecule has 2 aromatic carbocycles. The lowest BCUT2D eigenvalue weighted by atomic mass is 10.0. The van der Waals surface area contributed by atoms with E-state index >= 15 is 0 Å². The third-order valence-corrected chi connectivity index (χ3v) is 15.4. The van der Waals surface area contributed by atoms with Crippen molar-refractivity contribution in [3.63, 3.8) is 0 Å². The van der Waals surface area contributed by atoms with Crippen molar-refractivity contribution in [2.24, 2.45) is 3.77 Å². The molecule has 0 aliphatic heterocycles. The van der Waals surface area contributed by atoms with Gasteiger partial charge in [0.2, 0.25) is 8.32 Å². The monoisotopic (exact) mass is 534 g/mol. The molecule has 0 radical (unpaired) electrons. The van der Waals surface area contributed by atoms with Crippen LogP contribution in [0, 0.1) is 13.8 Å². The third kappa shape index (κ3) is 6.84. The fraction of sp³-hybridized carbons (Fsp3) is 0.462. The second-order valence-electron chi connectivity index (χ2n) is 9.30. The summed E-state index contributed by atoms with van der Waals surface area (Å²) in [6.45, 7) is 10.4. The van der Waals surface area contributed by atoms with Crippen LogP contribution in [0.25, 0.3) is 0 Å². The van der Waals surface area contributed by atoms with Crippen molar-refractivity contribution in [2.45, 2.75) is 87.8 Å². The van der Waals surface area contributed by atoms with Gasteiger partial charge in [-0.05, 0) is 75.2 Å². The Morgan fingerprint density at radius 2 is 1.40 bits per heavy atom. The van der Waals surface area contributed by atoms with Crippen molar-refractivity contribution in [2.75, 3.05) is 0 Å². The highest BCUT2D eigenvalue weighted by Crippen LogP contribution is 2.30. The van der Waals surface area contributed by atoms with Crippen LogP contribution in [0.15, 0.2) is 73.9 Å². The number of rotatable bonds is 10. The van der Waals surface area contributed by atoms with Crippen LogP contribution in [0.5, 0.6) is 0 Å². The molecule has 0 amide bonds. The van der Waals surface area contributed by atoms with Crippen molar-refractivity contribution in [1.82, 2.24) is 4.72 Å². The van der Waals surface area contributed by atoms with Gasteiger partial charge in [0.05, 0.1) is 15.6 Å². The van der Waals surface area contributed by atoms with Crippen molar-refractivity contribution >= 4 is 28.3 Å². The summed E-state index contributed by atoms with van der Waals surface area (Å²) in [7, 11) is -9.48. The van der Waals surface area contributed by atoms with Gasteiger partial charge in [-0.2, -0.15) is 8.42 Å². The second kappa shape index (κ2) is 11.4. The minimum absolute atomic E-state index is 0.0255. The molecule has 0 heterocycles. The molecular formula is C26H38N2O4S2Si. The molecule has 192 valence electrons. The maximum absolute atomic E-state index is 14.3. The van der Waals surface area contributed by atoms with E-state index in [4.69, 9.17) is 4.43 Å². The molecule has 9 heteroatoms. The van der Waals surface area contributed by atoms with Crippen LogP contribution in [0.2, 0.25) is 18.1 Å². The smallest absolute Gasteiger partial charge is 0.291 e. The summed E-state index contributed by atoms with van der Waals surface area (Å²) in [5, 5.41) is 0. The number of nitrogens with one attached hydrogen (secondary N) is 1. The molecule has 0 fully saturated rings. The van der Waals surface area contributed by atoms with Gasteiger partial charge in [-0.3, -0.25) is 0 Å². The Kier molecular flexibility index (Phi) is 9.01. The quantitative estimate of drug-likeness (QED) is 0.353. The van der Waals surface area contributed by atoms with Crippen molar-refractivity contribution < 1.29 is 17.1 Å². The molecule has 0 bridgehead atoms. The van der Waals surface area contributed by atoms with Crippen molar-refractivity contribution in [3.05, 3.63) is 71.5 Å². The van der Waals surface area contributed by atoms with E-state index in [-0.39, 0.29) is 10.9 Å². The summed E-state index contributed by atoms with van der Waals surface area (Å²) in [4.78, 5) is 0.372. The summed E-state index contributed by atoms with van der Waals surface area (Å²) >= 11 is 0. The maximum Gasteiger partial charge on any atom is 0.291 e. The third-order valence-electron chi connectivity index (χ3n) is 6.78. The maximum atomic E-state index is 14.3. The second-order valence-corrected chi connectivity index (χ2v) is 17.8. The first-order valence-electron chi connectivity index (χ1n) is 12.4. The molecule has 3 rings (SSSR count). The van der Waals surface area contributed by atoms with Crippen LogP contribution in [0.1, 0.15) is 51.2 Å². The van der Waals surface area contributed by atoms with Crippen molar-refractivity contribution in [1.29, 1.82) is 0 Å². The first-order chi connectivity index (χ1) is 16.5. The summed E-state index contributed by atoms with van der Waals surface area (Å²) in [6.07, 6.45) is 4.44. The van der Waals surface area contributed by atoms with Crippen LogP contribution in [-0.4, -0.2) is 27.0 Å². The molecule has 1 N–H and O–H groups in total. The van der Waals surface area contributed by atoms with E-state index in [1.807, 2.05) is 32.1 Å². The number of benzene rings is 2. The predicted molar refractivity (Wildman–Crippen MR) is 146 cm³/mol. The summed E-state index contributed by atoms with van der Waals surface area (Å²) in [5.41, 5.74) is 1.93. The molecule has 2 atom stereocenters. The first-order valence-corrected chi connectivity index (χ1v) is 17.9. The number of hydrogen-bond donors (Lipinski definition) is 1. The van der Waals surface area contributed by atoms with Crippen LogP contribution in [0.4, 0.5) is 0 Å². The molecule has 1 unspecified atom stereocenters. The van der Waals surface area contributed by atoms with Crippen LogP contribution < -0.4 is 4.72 Å². The number of hydrogen-bond acceptors (Lipinski definition) is 4. The van der Waals surface area contributed by atoms with Gasteiger partial charge in [0, 0.05) is 12.5 Å². The van der Waals surface area contributed by atoms with Gasteiger partial charge in [-0.15, -0.1) is 0 Å². The zero-order valence-corrected chi connectivity index (χ0v) is 24.0. The lowest BCUT2D eigenvalue weighted by molar-refractivity contribution is 0.357. The predicted octanol–water partition coefficient (Wildman–Crippen LogP) is 6.48. The van der Waals surface area contributed by atoms with Gasteiger partial charge in [0.15, 0.2) is 9.92 Å². The normalized spacial score (nSPS) is 18.4. The molecule has 6 nitrogen and oxygen atoms in total. The number of sulfonamides is 1. The van der Waals surface area contributed by atoms with E-state index in [0.29, 0.717) is 4.90 Å². The van der Waals surface area contributed by atoms with E-state index in [0.717, 1.165) is 54.3 Å². The molecule has 0 spiro atoms. The van der Waals surface area contributed by atoms with Gasteiger partial charge in [0.25, 0.3) is 10.0 Å². The average Bonchev–Trinajstić information content (AvgIpc) is 2.83. The van der Waals surface area contributed by atoms with Gasteiger partial charge in [0.1, 0.15) is 0 Å². The highest BCUT2D eigenvalue weighted by Gasteiger charge is 2.33. The fourth-order valence-electron chi connectivity index (χ4n) is 4.26. The molecule has 2 aromatic rings. The zero-order valence-electron chi connectivity index (χ0n) is 21.4. The van der Waals surface area contributed by atoms with Gasteiger partial charge in [-0.1, -0.05) is 59.9 Å². The summed E-state index contributed by atoms with van der Waals surface area (Å²) in [5.74, 6) is 0.929. The van der Waals surface area contributed by atoms with E-state index < -0.39 is 28.3 Å². The molecule has 1 aliphatic carbocycles. The highest BCUT2D eigenvalue weighted by atomic mass is 32.3. The zero-order chi connectivity index (χ0) is 25.7. The van der Waals surface area contributed by atoms with Crippen LogP contribution >= 0.6 is 0 Å². The topological polar surface area (TPSA) is 84.8 Å². The Hall–Kier alpha value is -1.94. The molecule has 0 saturated carbocycles. The van der Waals surface area contributed by atoms with Crippen molar-refractivity contribution in [3.8, 4) is 0 Å². The average molecular weight is 535 g/mol. The standard InChI is InChI=1S/C26H38N2O4S2Si/c1-6-35(7-2,8-3)32-24-11-9-10-23(20-24)27-33(29,25-16-12-21(4)13-17-25)28-34(30,31)26-18-14-22(5)15-19-26/h12-20,23H,6-11H2,1-5H3,(H,27,28,29)/t23-,33?/m1/s1. The highest BCUT2D eigenvalue weighted by molar-refractivity contribution is 8.02. The molecule has 1 aliphatic rings. The Morgan fingerprint density at radius 3 is 1.91 bits per heavy atom. The van der Waals surface area contributed by atoms with Crippen LogP contribution in [0.3, 0.4) is 0 Å². The summed E-state index contributed by atoms with van der Waals surface area (Å²) < 4.78 is 54.4.